The minimum absolute atomic E-state index is 0.0302. The summed E-state index contributed by atoms with van der Waals surface area (Å²) in [6.45, 7) is 5.79. The SMILES string of the molecule is CN(CC(CCN1CCC(N2CCCNC2=S)CC1)c1ccc(Cl)c(Cl)c1)C(=O)c1ccccc1. The minimum atomic E-state index is 0.0302. The largest absolute Gasteiger partial charge is 0.362 e. The highest BCUT2D eigenvalue weighted by atomic mass is 35.5. The summed E-state index contributed by atoms with van der Waals surface area (Å²) in [6.07, 6.45) is 4.36. The van der Waals surface area contributed by atoms with Gasteiger partial charge in [-0.05, 0) is 74.3 Å². The Morgan fingerprint density at radius 2 is 1.86 bits per heavy atom. The summed E-state index contributed by atoms with van der Waals surface area (Å²) in [7, 11) is 1.88. The second kappa shape index (κ2) is 12.4. The van der Waals surface area contributed by atoms with Crippen molar-refractivity contribution in [3.8, 4) is 0 Å². The Balaban J connectivity index is 1.38. The summed E-state index contributed by atoms with van der Waals surface area (Å²) in [5.41, 5.74) is 1.82. The molecule has 0 radical (unpaired) electrons. The maximum Gasteiger partial charge on any atom is 0.253 e. The molecule has 2 aliphatic heterocycles. The summed E-state index contributed by atoms with van der Waals surface area (Å²) in [5.74, 6) is 0.196. The lowest BCUT2D eigenvalue weighted by Crippen LogP contribution is -2.54. The zero-order chi connectivity index (χ0) is 24.8. The fraction of sp³-hybridized carbons (Fsp3) is 0.481. The highest BCUT2D eigenvalue weighted by Gasteiger charge is 2.28. The number of likely N-dealkylation sites (tertiary alicyclic amines) is 1. The third kappa shape index (κ3) is 6.88. The summed E-state index contributed by atoms with van der Waals surface area (Å²) in [4.78, 5) is 19.7. The van der Waals surface area contributed by atoms with Crippen LogP contribution in [-0.4, -0.2) is 78.1 Å². The van der Waals surface area contributed by atoms with Crippen molar-refractivity contribution in [1.82, 2.24) is 20.0 Å². The van der Waals surface area contributed by atoms with Crippen LogP contribution < -0.4 is 5.32 Å². The number of thiocarbonyl (C=S) groups is 1. The van der Waals surface area contributed by atoms with Crippen LogP contribution in [-0.2, 0) is 0 Å². The van der Waals surface area contributed by atoms with Crippen LogP contribution in [0.25, 0.3) is 0 Å². The molecule has 2 saturated heterocycles. The van der Waals surface area contributed by atoms with Crippen molar-refractivity contribution in [2.24, 2.45) is 0 Å². The van der Waals surface area contributed by atoms with Gasteiger partial charge in [-0.15, -0.1) is 0 Å². The molecule has 188 valence electrons. The van der Waals surface area contributed by atoms with E-state index in [2.05, 4.69) is 15.1 Å². The lowest BCUT2D eigenvalue weighted by molar-refractivity contribution is 0.0780. The van der Waals surface area contributed by atoms with E-state index in [0.29, 0.717) is 28.2 Å². The third-order valence-corrected chi connectivity index (χ3v) is 8.30. The number of halogens is 2. The summed E-state index contributed by atoms with van der Waals surface area (Å²) >= 11 is 18.1. The van der Waals surface area contributed by atoms with Gasteiger partial charge < -0.3 is 20.0 Å². The Hall–Kier alpha value is -1.86. The normalized spacial score (nSPS) is 18.3. The first-order chi connectivity index (χ1) is 16.9. The van der Waals surface area contributed by atoms with Gasteiger partial charge in [-0.1, -0.05) is 47.5 Å². The molecule has 0 saturated carbocycles. The first kappa shape index (κ1) is 26.2. The molecule has 5 nitrogen and oxygen atoms in total. The Morgan fingerprint density at radius 3 is 2.54 bits per heavy atom. The van der Waals surface area contributed by atoms with Crippen LogP contribution in [0.15, 0.2) is 48.5 Å². The van der Waals surface area contributed by atoms with Crippen molar-refractivity contribution < 1.29 is 4.79 Å². The Morgan fingerprint density at radius 1 is 1.11 bits per heavy atom. The molecule has 2 aromatic carbocycles. The zero-order valence-corrected chi connectivity index (χ0v) is 22.6. The quantitative estimate of drug-likeness (QED) is 0.468. The number of likely N-dealkylation sites (N-methyl/N-ethyl adjacent to an activating group) is 1. The van der Waals surface area contributed by atoms with E-state index in [1.807, 2.05) is 60.5 Å². The average Bonchev–Trinajstić information content (AvgIpc) is 2.89. The fourth-order valence-corrected chi connectivity index (χ4v) is 5.78. The van der Waals surface area contributed by atoms with Crippen LogP contribution in [0.5, 0.6) is 0 Å². The summed E-state index contributed by atoms with van der Waals surface area (Å²) < 4.78 is 0. The Bertz CT molecular complexity index is 1010. The van der Waals surface area contributed by atoms with E-state index in [4.69, 9.17) is 35.4 Å². The van der Waals surface area contributed by atoms with E-state index in [9.17, 15) is 4.79 Å². The van der Waals surface area contributed by atoms with Crippen molar-refractivity contribution >= 4 is 46.4 Å². The Kier molecular flexibility index (Phi) is 9.28. The highest BCUT2D eigenvalue weighted by molar-refractivity contribution is 7.80. The second-order valence-electron chi connectivity index (χ2n) is 9.56. The lowest BCUT2D eigenvalue weighted by Gasteiger charge is -2.42. The van der Waals surface area contributed by atoms with E-state index in [1.54, 1.807) is 0 Å². The second-order valence-corrected chi connectivity index (χ2v) is 10.8. The molecule has 1 atom stereocenters. The molecule has 35 heavy (non-hydrogen) atoms. The van der Waals surface area contributed by atoms with Crippen LogP contribution in [0.3, 0.4) is 0 Å². The number of amides is 1. The molecule has 1 N–H and O–H groups in total. The number of hydrogen-bond donors (Lipinski definition) is 1. The molecular weight excluding hydrogens is 499 g/mol. The van der Waals surface area contributed by atoms with Crippen molar-refractivity contribution in [3.63, 3.8) is 0 Å². The molecule has 1 amide bonds. The van der Waals surface area contributed by atoms with E-state index < -0.39 is 0 Å². The fourth-order valence-electron chi connectivity index (χ4n) is 5.13. The molecule has 0 aliphatic carbocycles. The van der Waals surface area contributed by atoms with Gasteiger partial charge in [0.2, 0.25) is 0 Å². The van der Waals surface area contributed by atoms with Crippen molar-refractivity contribution in [2.45, 2.75) is 37.6 Å². The van der Waals surface area contributed by atoms with Gasteiger partial charge >= 0.3 is 0 Å². The number of carbonyl (C=O) groups is 1. The van der Waals surface area contributed by atoms with Crippen LogP contribution in [0, 0.1) is 0 Å². The monoisotopic (exact) mass is 532 g/mol. The highest BCUT2D eigenvalue weighted by Crippen LogP contribution is 2.30. The van der Waals surface area contributed by atoms with Gasteiger partial charge in [-0.2, -0.15) is 0 Å². The summed E-state index contributed by atoms with van der Waals surface area (Å²) in [6, 6.07) is 15.8. The van der Waals surface area contributed by atoms with Gasteiger partial charge in [0.05, 0.1) is 10.0 Å². The minimum Gasteiger partial charge on any atom is -0.362 e. The molecule has 2 fully saturated rings. The third-order valence-electron chi connectivity index (χ3n) is 7.18. The number of hydrogen-bond acceptors (Lipinski definition) is 3. The first-order valence-electron chi connectivity index (χ1n) is 12.4. The van der Waals surface area contributed by atoms with Gasteiger partial charge in [0.1, 0.15) is 0 Å². The summed E-state index contributed by atoms with van der Waals surface area (Å²) in [5, 5.41) is 5.36. The van der Waals surface area contributed by atoms with Crippen LogP contribution in [0.1, 0.15) is 47.5 Å². The molecule has 0 bridgehead atoms. The van der Waals surface area contributed by atoms with E-state index in [1.165, 1.54) is 0 Å². The smallest absolute Gasteiger partial charge is 0.253 e. The number of nitrogens with zero attached hydrogens (tertiary/aromatic N) is 3. The molecule has 0 aromatic heterocycles. The molecule has 0 spiro atoms. The van der Waals surface area contributed by atoms with E-state index >= 15 is 0 Å². The lowest BCUT2D eigenvalue weighted by atomic mass is 9.93. The Labute approximate surface area is 224 Å². The van der Waals surface area contributed by atoms with Gasteiger partial charge in [-0.3, -0.25) is 4.79 Å². The number of carbonyl (C=O) groups excluding carboxylic acids is 1. The maximum atomic E-state index is 13.0. The standard InChI is InChI=1S/C27H34Cl2N4OS/c1-31(26(34)20-6-3-2-4-7-20)19-22(21-8-9-24(28)25(29)18-21)10-15-32-16-11-23(12-17-32)33-14-5-13-30-27(33)35/h2-4,6-9,18,22-23H,5,10-17,19H2,1H3,(H,30,35). The topological polar surface area (TPSA) is 38.8 Å². The van der Waals surface area contributed by atoms with Crippen LogP contribution >= 0.6 is 35.4 Å². The van der Waals surface area contributed by atoms with Gasteiger partial charge in [0.15, 0.2) is 5.11 Å². The van der Waals surface area contributed by atoms with Gasteiger partial charge in [-0.25, -0.2) is 0 Å². The van der Waals surface area contributed by atoms with Crippen molar-refractivity contribution in [1.29, 1.82) is 0 Å². The molecule has 1 unspecified atom stereocenters. The number of nitrogens with one attached hydrogen (secondary N) is 1. The van der Waals surface area contributed by atoms with E-state index in [-0.39, 0.29) is 11.8 Å². The predicted molar refractivity (Wildman–Crippen MR) is 149 cm³/mol. The van der Waals surface area contributed by atoms with Gasteiger partial charge in [0, 0.05) is 57.3 Å². The molecule has 2 aromatic rings. The molecular formula is C27H34Cl2N4OS. The molecule has 2 aliphatic rings. The maximum absolute atomic E-state index is 13.0. The van der Waals surface area contributed by atoms with E-state index in [0.717, 1.165) is 69.1 Å². The molecule has 2 heterocycles. The van der Waals surface area contributed by atoms with Crippen LogP contribution in [0.2, 0.25) is 10.0 Å². The number of piperidine rings is 1. The number of rotatable bonds is 8. The first-order valence-corrected chi connectivity index (χ1v) is 13.6. The molecule has 4 rings (SSSR count). The zero-order valence-electron chi connectivity index (χ0n) is 20.3. The predicted octanol–water partition coefficient (Wildman–Crippen LogP) is 5.28. The van der Waals surface area contributed by atoms with Crippen molar-refractivity contribution in [3.05, 3.63) is 69.7 Å². The molecule has 8 heteroatoms. The average molecular weight is 534 g/mol. The van der Waals surface area contributed by atoms with Gasteiger partial charge in [0.25, 0.3) is 5.91 Å². The number of benzene rings is 2. The van der Waals surface area contributed by atoms with Crippen LogP contribution in [0.4, 0.5) is 0 Å². The van der Waals surface area contributed by atoms with Crippen molar-refractivity contribution in [2.75, 3.05) is 46.3 Å².